The number of carbonyl (C=O) groups excluding carboxylic acids is 11. The van der Waals surface area contributed by atoms with Gasteiger partial charge in [-0.1, -0.05) is 80.6 Å². The van der Waals surface area contributed by atoms with Crippen LogP contribution in [0.25, 0.3) is 11.1 Å². The molecular weight excluding hydrogens is 1540 g/mol. The number of ketones is 2. The number of aryl methyl sites for hydroxylation is 2. The van der Waals surface area contributed by atoms with Gasteiger partial charge in [0.1, 0.15) is 24.4 Å². The van der Waals surface area contributed by atoms with Crippen LogP contribution in [-0.4, -0.2) is 255 Å². The Morgan fingerprint density at radius 3 is 1.77 bits per heavy atom. The van der Waals surface area contributed by atoms with Gasteiger partial charge in [-0.05, 0) is 85.0 Å². The Labute approximate surface area is 690 Å². The molecule has 5 heterocycles. The molecule has 0 bridgehead atoms. The van der Waals surface area contributed by atoms with Crippen molar-refractivity contribution in [2.45, 2.75) is 116 Å². The highest BCUT2D eigenvalue weighted by Gasteiger charge is 2.44. The summed E-state index contributed by atoms with van der Waals surface area (Å²) in [4.78, 5) is 151. The molecule has 3 aliphatic rings. The van der Waals surface area contributed by atoms with E-state index in [9.17, 15) is 63.0 Å². The number of anilines is 3. The number of aromatic nitrogens is 3. The van der Waals surface area contributed by atoms with Crippen LogP contribution in [0.2, 0.25) is 0 Å². The molecule has 0 radical (unpaired) electrons. The zero-order valence-corrected chi connectivity index (χ0v) is 68.0. The number of aliphatic hydroxyl groups excluding tert-OH is 2. The van der Waals surface area contributed by atoms with Gasteiger partial charge in [0, 0.05) is 113 Å². The molecule has 2 aromatic heterocycles. The van der Waals surface area contributed by atoms with Crippen molar-refractivity contribution < 1.29 is 110 Å². The van der Waals surface area contributed by atoms with E-state index in [2.05, 4.69) is 31.6 Å². The van der Waals surface area contributed by atoms with E-state index < -0.39 is 78.4 Å². The molecule has 0 spiro atoms. The fourth-order valence-electron chi connectivity index (χ4n) is 13.1. The van der Waals surface area contributed by atoms with Gasteiger partial charge in [-0.25, -0.2) is 14.7 Å². The normalized spacial score (nSPS) is 15.0. The summed E-state index contributed by atoms with van der Waals surface area (Å²) >= 11 is 0. The second kappa shape index (κ2) is 48.2. The zero-order valence-electron chi connectivity index (χ0n) is 68.0. The fraction of sp³-hybridized carbons (Fsp3) is 0.482. The molecule has 4 aromatic carbocycles. The number of Topliss-reactive ketones (excluding diaryl/α,β-unsaturated/α-hetero) is 2. The first kappa shape index (κ1) is 92.0. The number of carbonyl (C=O) groups is 11. The highest BCUT2D eigenvalue weighted by molar-refractivity contribution is 6.13. The van der Waals surface area contributed by atoms with E-state index in [1.54, 1.807) is 55.9 Å². The summed E-state index contributed by atoms with van der Waals surface area (Å²) in [6, 6.07) is 25.3. The minimum Gasteiger partial charge on any atom is -0.493 e. The quantitative estimate of drug-likeness (QED) is 0.0139. The molecule has 7 N–H and O–H groups in total. The van der Waals surface area contributed by atoms with Crippen LogP contribution in [0, 0.1) is 5.92 Å². The molecule has 642 valence electrons. The largest absolute Gasteiger partial charge is 0.493 e. The number of rotatable bonds is 52. The van der Waals surface area contributed by atoms with Gasteiger partial charge in [0.15, 0.2) is 23.7 Å². The number of ether oxygens (including phenoxy) is 10. The van der Waals surface area contributed by atoms with Crippen LogP contribution in [0.5, 0.6) is 5.75 Å². The Hall–Kier alpha value is -10.9. The third-order valence-electron chi connectivity index (χ3n) is 19.5. The van der Waals surface area contributed by atoms with Crippen LogP contribution in [0.15, 0.2) is 122 Å². The average Bonchev–Trinajstić information content (AvgIpc) is 1.63. The molecule has 119 heavy (non-hydrogen) atoms. The van der Waals surface area contributed by atoms with Gasteiger partial charge < -0.3 is 98.2 Å². The molecule has 3 aliphatic heterocycles. The van der Waals surface area contributed by atoms with Gasteiger partial charge in [-0.2, -0.15) is 0 Å². The molecule has 6 aromatic rings. The number of piperidine rings is 1. The molecule has 9 rings (SSSR count). The number of nitrogens with one attached hydrogen (secondary N) is 5. The summed E-state index contributed by atoms with van der Waals surface area (Å²) in [5, 5.41) is 36.2. The highest BCUT2D eigenvalue weighted by atomic mass is 16.6. The Kier molecular flexibility index (Phi) is 37.3. The Balaban J connectivity index is 0.613. The van der Waals surface area contributed by atoms with Crippen molar-refractivity contribution in [2.75, 3.05) is 147 Å². The SMILES string of the molecule is CC(C)[C@H](NC(=O)CCOCCOCCOCCOCCOCCOCCOCCOCCNC(=O)CCN1C(=O)C=CC1=O)C(=O)N[C@@H](C)C(=O)Nc1ccc(COC(=O)N2c3cc(OCCCC(=O)Nc4cn(C)c(C(=O)Cc5ccc(-c6cc(C(=O)Cc7ccccc7)n(C)c6)cc5)n4)c(CO)cc3C(=O)N3CCCC[C@H]3[C@@H]2O)cc1. The van der Waals surface area contributed by atoms with Gasteiger partial charge in [0.05, 0.1) is 142 Å². The van der Waals surface area contributed by atoms with Gasteiger partial charge >= 0.3 is 6.09 Å². The summed E-state index contributed by atoms with van der Waals surface area (Å²) in [6.07, 6.45) is 5.45. The maximum atomic E-state index is 14.3. The van der Waals surface area contributed by atoms with Crippen molar-refractivity contribution in [1.29, 1.82) is 0 Å². The van der Waals surface area contributed by atoms with E-state index in [-0.39, 0.29) is 136 Å². The van der Waals surface area contributed by atoms with Crippen LogP contribution in [0.1, 0.15) is 119 Å². The monoisotopic (exact) mass is 1650 g/mol. The summed E-state index contributed by atoms with van der Waals surface area (Å²) < 4.78 is 59.4. The standard InChI is InChI=1S/C85H109N11O23/c1-57(2)79(91-76(102)27-32-110-34-36-112-38-40-114-42-44-116-46-47-117-45-43-115-41-39-113-37-35-111-33-28-86-74(100)26-30-95-77(103)24-25-78(95)104)82(106)87-58(3)81(105)88-65-22-18-61(19-23-65)56-119-85(109)96-68-52-72(64(55-97)50-66(68)83(107)94-29-10-9-14-67(94)84(96)108)118-31-11-15-75(101)89-73-54-93(5)80(90-73)71(99)49-60-16-20-62(21-17-60)63-51-69(92(4)53-63)70(98)48-59-12-7-6-8-13-59/h6-8,12-13,16-25,50-54,57-58,67,79,84,97,108H,9-11,14-15,26-49,55-56H2,1-5H3,(H,86,100)(H,87,106)(H,88,105)(H,89,101)(H,91,102)/t58-,67-,79-,84-/m0/s1. The van der Waals surface area contributed by atoms with Crippen molar-refractivity contribution in [3.05, 3.63) is 161 Å². The predicted octanol–water partition coefficient (Wildman–Crippen LogP) is 5.57. The first-order valence-corrected chi connectivity index (χ1v) is 40.0. The van der Waals surface area contributed by atoms with Crippen LogP contribution >= 0.6 is 0 Å². The number of aliphatic hydroxyl groups is 2. The molecule has 1 fully saturated rings. The molecule has 0 aliphatic carbocycles. The van der Waals surface area contributed by atoms with E-state index in [0.717, 1.165) is 32.1 Å². The van der Waals surface area contributed by atoms with Crippen molar-refractivity contribution in [3.8, 4) is 16.9 Å². The van der Waals surface area contributed by atoms with Crippen LogP contribution < -0.4 is 36.2 Å². The summed E-state index contributed by atoms with van der Waals surface area (Å²) in [5.74, 6) is -3.74. The minimum absolute atomic E-state index is 0.00394. The Morgan fingerprint density at radius 1 is 0.571 bits per heavy atom. The Morgan fingerprint density at radius 2 is 1.16 bits per heavy atom. The lowest BCUT2D eigenvalue weighted by Gasteiger charge is -2.38. The number of fused-ring (bicyclic) bond motifs is 2. The van der Waals surface area contributed by atoms with Crippen molar-refractivity contribution in [1.82, 2.24) is 39.9 Å². The first-order valence-electron chi connectivity index (χ1n) is 40.0. The second-order valence-corrected chi connectivity index (χ2v) is 28.8. The third kappa shape index (κ3) is 29.0. The van der Waals surface area contributed by atoms with Crippen LogP contribution in [-0.2, 0) is 116 Å². The van der Waals surface area contributed by atoms with E-state index >= 15 is 0 Å². The van der Waals surface area contributed by atoms with Crippen LogP contribution in [0.3, 0.4) is 0 Å². The van der Waals surface area contributed by atoms with Gasteiger partial charge in [-0.15, -0.1) is 0 Å². The number of hydrogen-bond acceptors (Lipinski definition) is 24. The summed E-state index contributed by atoms with van der Waals surface area (Å²) in [6.45, 7) is 10.1. The highest BCUT2D eigenvalue weighted by Crippen LogP contribution is 2.39. The second-order valence-electron chi connectivity index (χ2n) is 28.8. The molecule has 34 nitrogen and oxygen atoms in total. The first-order chi connectivity index (χ1) is 57.5. The van der Waals surface area contributed by atoms with Gasteiger partial charge in [0.25, 0.3) is 17.7 Å². The lowest BCUT2D eigenvalue weighted by molar-refractivity contribution is -0.137. The molecule has 0 unspecified atom stereocenters. The predicted molar refractivity (Wildman–Crippen MR) is 434 cm³/mol. The maximum absolute atomic E-state index is 14.3. The molecule has 34 heteroatoms. The average molecular weight is 1650 g/mol. The topological polar surface area (TPSA) is 413 Å². The number of imidazole rings is 1. The van der Waals surface area contributed by atoms with Crippen molar-refractivity contribution in [3.63, 3.8) is 0 Å². The zero-order chi connectivity index (χ0) is 85.0. The molecule has 0 saturated carbocycles. The minimum atomic E-state index is -1.55. The smallest absolute Gasteiger partial charge is 0.416 e. The molecule has 4 atom stereocenters. The number of amides is 9. The number of nitrogens with zero attached hydrogens (tertiary/aromatic N) is 6. The number of imide groups is 1. The maximum Gasteiger partial charge on any atom is 0.416 e. The number of benzene rings is 4. The lowest BCUT2D eigenvalue weighted by Crippen LogP contribution is -2.55. The van der Waals surface area contributed by atoms with Crippen LogP contribution in [0.4, 0.5) is 22.0 Å². The molecule has 1 saturated heterocycles. The molecule has 9 amide bonds. The lowest BCUT2D eigenvalue weighted by atomic mass is 10.00. The van der Waals surface area contributed by atoms with E-state index in [1.165, 1.54) is 36.1 Å². The number of hydrogen-bond donors (Lipinski definition) is 7. The van der Waals surface area contributed by atoms with Crippen molar-refractivity contribution in [2.24, 2.45) is 20.0 Å². The third-order valence-corrected chi connectivity index (χ3v) is 19.5. The van der Waals surface area contributed by atoms with Gasteiger partial charge in [0.2, 0.25) is 35.3 Å². The molecular formula is C85H109N11O23. The summed E-state index contributed by atoms with van der Waals surface area (Å²) in [5.41, 5.74) is 5.11. The van der Waals surface area contributed by atoms with Crippen molar-refractivity contribution >= 4 is 82.1 Å². The van der Waals surface area contributed by atoms with Gasteiger partial charge in [-0.3, -0.25) is 52.8 Å². The van der Waals surface area contributed by atoms with E-state index in [4.69, 9.17) is 47.4 Å². The Bertz CT molecular complexity index is 4380. The summed E-state index contributed by atoms with van der Waals surface area (Å²) in [7, 11) is 3.49. The fourth-order valence-corrected chi connectivity index (χ4v) is 13.1. The van der Waals surface area contributed by atoms with E-state index in [1.807, 2.05) is 78.5 Å². The van der Waals surface area contributed by atoms with E-state index in [0.29, 0.717) is 135 Å².